The van der Waals surface area contributed by atoms with Crippen LogP contribution < -0.4 is 0 Å². The van der Waals surface area contributed by atoms with Crippen LogP contribution in [-0.2, 0) is 22.3 Å². The Balaban J connectivity index is 1.98. The van der Waals surface area contributed by atoms with E-state index in [1.54, 1.807) is 0 Å². The van der Waals surface area contributed by atoms with Crippen molar-refractivity contribution in [2.24, 2.45) is 0 Å². The molecule has 1 atom stereocenters. The van der Waals surface area contributed by atoms with Crippen molar-refractivity contribution in [3.05, 3.63) is 64.7 Å². The fraction of sp³-hybridized carbons (Fsp3) is 0.167. The third kappa shape index (κ3) is 3.23. The second-order valence-corrected chi connectivity index (χ2v) is 5.94. The molecule has 0 saturated carbocycles. The highest BCUT2D eigenvalue weighted by Crippen LogP contribution is 2.37. The third-order valence-corrected chi connectivity index (χ3v) is 4.22. The Morgan fingerprint density at radius 1 is 1.11 bits per heavy atom. The highest BCUT2D eigenvalue weighted by atomic mass is 19.4. The van der Waals surface area contributed by atoms with Crippen LogP contribution in [0.15, 0.2) is 42.5 Å². The summed E-state index contributed by atoms with van der Waals surface area (Å²) in [6, 6.07) is 8.18. The molecule has 2 aromatic carbocycles. The molecule has 0 aliphatic carbocycles. The first-order chi connectivity index (χ1) is 12.6. The molecule has 1 aliphatic rings. The van der Waals surface area contributed by atoms with Crippen molar-refractivity contribution in [2.75, 3.05) is 0 Å². The van der Waals surface area contributed by atoms with Crippen molar-refractivity contribution in [3.63, 3.8) is 0 Å². The quantitative estimate of drug-likeness (QED) is 0.632. The number of rotatable bonds is 3. The van der Waals surface area contributed by atoms with Crippen LogP contribution in [0.25, 0.3) is 0 Å². The van der Waals surface area contributed by atoms with Crippen molar-refractivity contribution in [3.8, 4) is 5.75 Å². The van der Waals surface area contributed by atoms with Gasteiger partial charge in [0.05, 0.1) is 12.1 Å². The van der Waals surface area contributed by atoms with Crippen molar-refractivity contribution < 1.29 is 37.8 Å². The van der Waals surface area contributed by atoms with Gasteiger partial charge in [0, 0.05) is 5.56 Å². The Labute approximate surface area is 150 Å². The number of halogens is 3. The number of carbonyl (C=O) groups excluding carboxylic acids is 2. The molecule has 0 spiro atoms. The van der Waals surface area contributed by atoms with Gasteiger partial charge in [-0.1, -0.05) is 24.3 Å². The molecule has 2 aromatic rings. The molecule has 0 bridgehead atoms. The lowest BCUT2D eigenvalue weighted by molar-refractivity contribution is -0.146. The summed E-state index contributed by atoms with van der Waals surface area (Å²) in [6.07, 6.45) is -4.76. The Kier molecular flexibility index (Phi) is 4.38. The van der Waals surface area contributed by atoms with E-state index >= 15 is 0 Å². The predicted molar refractivity (Wildman–Crippen MR) is 84.8 cm³/mol. The minimum absolute atomic E-state index is 0.0284. The van der Waals surface area contributed by atoms with Gasteiger partial charge in [0.15, 0.2) is 5.92 Å². The number of carboxylic acids is 1. The van der Waals surface area contributed by atoms with E-state index in [1.165, 1.54) is 24.3 Å². The number of aliphatic carboxylic acids is 1. The van der Waals surface area contributed by atoms with Crippen LogP contribution in [0, 0.1) is 0 Å². The van der Waals surface area contributed by atoms with E-state index in [4.69, 9.17) is 0 Å². The van der Waals surface area contributed by atoms with Crippen molar-refractivity contribution >= 4 is 17.8 Å². The smallest absolute Gasteiger partial charge is 0.419 e. The van der Waals surface area contributed by atoms with Gasteiger partial charge in [-0.15, -0.1) is 0 Å². The monoisotopic (exact) mass is 379 g/mol. The topological polar surface area (TPSA) is 94.9 Å². The molecule has 2 amide bonds. The summed E-state index contributed by atoms with van der Waals surface area (Å²) in [4.78, 5) is 37.3. The first kappa shape index (κ1) is 18.4. The molecule has 3 rings (SSSR count). The van der Waals surface area contributed by atoms with Crippen LogP contribution in [0.2, 0.25) is 0 Å². The van der Waals surface area contributed by atoms with Crippen LogP contribution in [0.1, 0.15) is 33.0 Å². The molecular formula is C18H12F3NO5. The minimum atomic E-state index is -4.76. The Bertz CT molecular complexity index is 954. The van der Waals surface area contributed by atoms with Gasteiger partial charge in [0.25, 0.3) is 5.91 Å². The fourth-order valence-corrected chi connectivity index (χ4v) is 2.96. The minimum Gasteiger partial charge on any atom is -0.507 e. The molecule has 9 heteroatoms. The van der Waals surface area contributed by atoms with E-state index in [0.717, 1.165) is 12.1 Å². The zero-order valence-electron chi connectivity index (χ0n) is 13.5. The van der Waals surface area contributed by atoms with Gasteiger partial charge >= 0.3 is 12.1 Å². The molecular weight excluding hydrogens is 367 g/mol. The lowest BCUT2D eigenvalue weighted by atomic mass is 9.88. The molecule has 1 unspecified atom stereocenters. The van der Waals surface area contributed by atoms with Gasteiger partial charge in [-0.3, -0.25) is 19.3 Å². The first-order valence-electron chi connectivity index (χ1n) is 7.67. The van der Waals surface area contributed by atoms with E-state index in [0.29, 0.717) is 11.0 Å². The van der Waals surface area contributed by atoms with Crippen molar-refractivity contribution in [1.29, 1.82) is 0 Å². The number of phenolic OH excluding ortho intramolecular Hbond substituents is 1. The number of imide groups is 1. The number of aromatic hydroxyl groups is 1. The zero-order valence-corrected chi connectivity index (χ0v) is 13.5. The van der Waals surface area contributed by atoms with Gasteiger partial charge in [-0.25, -0.2) is 0 Å². The summed E-state index contributed by atoms with van der Waals surface area (Å²) in [6.45, 7) is -0.471. The average Bonchev–Trinajstić information content (AvgIpc) is 2.57. The summed E-state index contributed by atoms with van der Waals surface area (Å²) < 4.78 is 38.2. The molecule has 0 fully saturated rings. The van der Waals surface area contributed by atoms with Crippen molar-refractivity contribution in [1.82, 2.24) is 4.90 Å². The lowest BCUT2D eigenvalue weighted by Crippen LogP contribution is -2.46. The second kappa shape index (κ2) is 6.42. The van der Waals surface area contributed by atoms with E-state index in [-0.39, 0.29) is 16.7 Å². The molecule has 0 radical (unpaired) electrons. The van der Waals surface area contributed by atoms with Gasteiger partial charge in [-0.2, -0.15) is 13.2 Å². The first-order valence-corrected chi connectivity index (χ1v) is 7.67. The number of amides is 2. The van der Waals surface area contributed by atoms with Crippen LogP contribution in [0.4, 0.5) is 13.2 Å². The standard InChI is InChI=1S/C18H12F3NO5/c19-18(20,21)12-6-5-9(7-13(12)23)8-22-15(24)11-4-2-1-3-10(11)14(16(22)25)17(26)27/h1-7,14,23H,8H2,(H,26,27). The molecule has 0 aromatic heterocycles. The number of nitrogens with zero attached hydrogens (tertiary/aromatic N) is 1. The Morgan fingerprint density at radius 3 is 2.37 bits per heavy atom. The number of hydrogen-bond donors (Lipinski definition) is 2. The Hall–Kier alpha value is -3.36. The van der Waals surface area contributed by atoms with Crippen LogP contribution in [-0.4, -0.2) is 32.9 Å². The van der Waals surface area contributed by atoms with Crippen LogP contribution in [0.5, 0.6) is 5.75 Å². The lowest BCUT2D eigenvalue weighted by Gasteiger charge is -2.30. The van der Waals surface area contributed by atoms with Gasteiger partial charge in [-0.05, 0) is 29.3 Å². The number of alkyl halides is 3. The molecule has 140 valence electrons. The van der Waals surface area contributed by atoms with E-state index in [9.17, 15) is 37.8 Å². The summed E-state index contributed by atoms with van der Waals surface area (Å²) >= 11 is 0. The summed E-state index contributed by atoms with van der Waals surface area (Å²) in [5.41, 5.74) is -1.12. The number of carbonyl (C=O) groups is 3. The number of fused-ring (bicyclic) bond motifs is 1. The third-order valence-electron chi connectivity index (χ3n) is 4.22. The predicted octanol–water partition coefficient (Wildman–Crippen LogP) is 2.76. The average molecular weight is 379 g/mol. The number of hydrogen-bond acceptors (Lipinski definition) is 4. The van der Waals surface area contributed by atoms with E-state index in [1.807, 2.05) is 0 Å². The normalized spacial score (nSPS) is 17.0. The second-order valence-electron chi connectivity index (χ2n) is 5.94. The van der Waals surface area contributed by atoms with E-state index < -0.39 is 47.7 Å². The molecule has 1 aliphatic heterocycles. The zero-order chi connectivity index (χ0) is 19.9. The Morgan fingerprint density at radius 2 is 1.78 bits per heavy atom. The number of phenols is 1. The SMILES string of the molecule is O=C(O)C1C(=O)N(Cc2ccc(C(F)(F)F)c(O)c2)C(=O)c2ccccc21. The van der Waals surface area contributed by atoms with Crippen LogP contribution in [0.3, 0.4) is 0 Å². The highest BCUT2D eigenvalue weighted by molar-refractivity contribution is 6.17. The summed E-state index contributed by atoms with van der Waals surface area (Å²) in [5.74, 6) is -5.84. The summed E-state index contributed by atoms with van der Waals surface area (Å²) in [5, 5.41) is 19.0. The molecule has 6 nitrogen and oxygen atoms in total. The van der Waals surface area contributed by atoms with Gasteiger partial charge in [0.2, 0.25) is 5.91 Å². The van der Waals surface area contributed by atoms with Gasteiger partial charge < -0.3 is 10.2 Å². The molecule has 2 N–H and O–H groups in total. The maximum absolute atomic E-state index is 12.7. The van der Waals surface area contributed by atoms with Crippen molar-refractivity contribution in [2.45, 2.75) is 18.6 Å². The van der Waals surface area contributed by atoms with E-state index in [2.05, 4.69) is 0 Å². The summed E-state index contributed by atoms with van der Waals surface area (Å²) in [7, 11) is 0. The highest BCUT2D eigenvalue weighted by Gasteiger charge is 2.42. The maximum Gasteiger partial charge on any atom is 0.419 e. The van der Waals surface area contributed by atoms with Crippen LogP contribution >= 0.6 is 0 Å². The molecule has 27 heavy (non-hydrogen) atoms. The number of benzene rings is 2. The number of carboxylic acid groups (broad SMARTS) is 1. The molecule has 1 heterocycles. The fourth-order valence-electron chi connectivity index (χ4n) is 2.96. The largest absolute Gasteiger partial charge is 0.507 e. The van der Waals surface area contributed by atoms with Gasteiger partial charge in [0.1, 0.15) is 5.75 Å². The molecule has 0 saturated heterocycles. The maximum atomic E-state index is 12.7.